The summed E-state index contributed by atoms with van der Waals surface area (Å²) in [4.78, 5) is 26.1. The SMILES string of the molecule is COC(=O)C(C)CN(C)C(=O)CCCc1cccs1. The Balaban J connectivity index is 2.26. The topological polar surface area (TPSA) is 46.6 Å². The molecule has 0 aliphatic heterocycles. The molecule has 1 heterocycles. The molecule has 5 heteroatoms. The van der Waals surface area contributed by atoms with Crippen molar-refractivity contribution in [1.82, 2.24) is 4.90 Å². The molecule has 0 saturated heterocycles. The van der Waals surface area contributed by atoms with Crippen LogP contribution in [0.15, 0.2) is 17.5 Å². The highest BCUT2D eigenvalue weighted by Gasteiger charge is 2.18. The number of hydrogen-bond donors (Lipinski definition) is 0. The van der Waals surface area contributed by atoms with E-state index >= 15 is 0 Å². The molecular formula is C14H21NO3S. The van der Waals surface area contributed by atoms with E-state index in [0.717, 1.165) is 12.8 Å². The molecule has 0 aliphatic rings. The number of nitrogens with zero attached hydrogens (tertiary/aromatic N) is 1. The van der Waals surface area contributed by atoms with Crippen LogP contribution in [0.25, 0.3) is 0 Å². The largest absolute Gasteiger partial charge is 0.469 e. The van der Waals surface area contributed by atoms with Gasteiger partial charge in [0, 0.05) is 24.9 Å². The summed E-state index contributed by atoms with van der Waals surface area (Å²) in [6, 6.07) is 4.10. The Bertz CT molecular complexity index is 403. The number of hydrogen-bond acceptors (Lipinski definition) is 4. The van der Waals surface area contributed by atoms with Crippen molar-refractivity contribution >= 4 is 23.2 Å². The predicted octanol–water partition coefficient (Wildman–Crippen LogP) is 2.34. The number of aryl methyl sites for hydroxylation is 1. The van der Waals surface area contributed by atoms with Gasteiger partial charge in [-0.3, -0.25) is 9.59 Å². The van der Waals surface area contributed by atoms with E-state index in [1.165, 1.54) is 12.0 Å². The lowest BCUT2D eigenvalue weighted by atomic mass is 10.1. The third-order valence-electron chi connectivity index (χ3n) is 2.97. The van der Waals surface area contributed by atoms with E-state index in [4.69, 9.17) is 0 Å². The van der Waals surface area contributed by atoms with Gasteiger partial charge in [0.25, 0.3) is 0 Å². The monoisotopic (exact) mass is 283 g/mol. The van der Waals surface area contributed by atoms with Crippen molar-refractivity contribution in [2.45, 2.75) is 26.2 Å². The number of carbonyl (C=O) groups excluding carboxylic acids is 2. The van der Waals surface area contributed by atoms with E-state index in [-0.39, 0.29) is 17.8 Å². The minimum Gasteiger partial charge on any atom is -0.469 e. The Hall–Kier alpha value is -1.36. The highest BCUT2D eigenvalue weighted by atomic mass is 32.1. The van der Waals surface area contributed by atoms with E-state index in [1.54, 1.807) is 30.2 Å². The fourth-order valence-electron chi connectivity index (χ4n) is 1.85. The molecule has 1 aromatic heterocycles. The van der Waals surface area contributed by atoms with Crippen molar-refractivity contribution in [1.29, 1.82) is 0 Å². The molecule has 0 aromatic carbocycles. The maximum atomic E-state index is 11.9. The zero-order valence-electron chi connectivity index (χ0n) is 11.7. The highest BCUT2D eigenvalue weighted by molar-refractivity contribution is 7.09. The van der Waals surface area contributed by atoms with Gasteiger partial charge in [0.05, 0.1) is 13.0 Å². The first kappa shape index (κ1) is 15.7. The predicted molar refractivity (Wildman–Crippen MR) is 76.1 cm³/mol. The molecule has 0 radical (unpaired) electrons. The van der Waals surface area contributed by atoms with Crippen molar-refractivity contribution in [3.63, 3.8) is 0 Å². The van der Waals surface area contributed by atoms with Gasteiger partial charge in [0.1, 0.15) is 0 Å². The summed E-state index contributed by atoms with van der Waals surface area (Å²) in [5.74, 6) is -0.484. The van der Waals surface area contributed by atoms with Crippen LogP contribution in [0.5, 0.6) is 0 Å². The van der Waals surface area contributed by atoms with E-state index < -0.39 is 0 Å². The molecule has 0 bridgehead atoms. The second kappa shape index (κ2) is 7.94. The van der Waals surface area contributed by atoms with E-state index in [1.807, 2.05) is 11.4 Å². The Morgan fingerprint density at radius 1 is 1.47 bits per heavy atom. The molecule has 1 atom stereocenters. The fraction of sp³-hybridized carbons (Fsp3) is 0.571. The van der Waals surface area contributed by atoms with Gasteiger partial charge in [-0.2, -0.15) is 0 Å². The summed E-state index contributed by atoms with van der Waals surface area (Å²) in [5.41, 5.74) is 0. The Labute approximate surface area is 118 Å². The van der Waals surface area contributed by atoms with Crippen LogP contribution in [0.3, 0.4) is 0 Å². The molecule has 0 spiro atoms. The van der Waals surface area contributed by atoms with Crippen molar-refractivity contribution in [2.75, 3.05) is 20.7 Å². The minimum absolute atomic E-state index is 0.0762. The van der Waals surface area contributed by atoms with Crippen molar-refractivity contribution in [3.8, 4) is 0 Å². The van der Waals surface area contributed by atoms with Crippen LogP contribution in [0.2, 0.25) is 0 Å². The average Bonchev–Trinajstić information content (AvgIpc) is 2.90. The van der Waals surface area contributed by atoms with Crippen LogP contribution >= 0.6 is 11.3 Å². The summed E-state index contributed by atoms with van der Waals surface area (Å²) in [6.07, 6.45) is 2.29. The zero-order valence-corrected chi connectivity index (χ0v) is 12.5. The lowest BCUT2D eigenvalue weighted by molar-refractivity contribution is -0.146. The maximum Gasteiger partial charge on any atom is 0.310 e. The second-order valence-electron chi connectivity index (χ2n) is 4.63. The van der Waals surface area contributed by atoms with Gasteiger partial charge in [-0.05, 0) is 24.3 Å². The molecule has 1 amide bonds. The first-order valence-corrected chi connectivity index (χ1v) is 7.26. The van der Waals surface area contributed by atoms with Gasteiger partial charge in [-0.25, -0.2) is 0 Å². The van der Waals surface area contributed by atoms with Crippen molar-refractivity contribution in [2.24, 2.45) is 5.92 Å². The van der Waals surface area contributed by atoms with Gasteiger partial charge < -0.3 is 9.64 Å². The highest BCUT2D eigenvalue weighted by Crippen LogP contribution is 2.12. The molecule has 0 aliphatic carbocycles. The Kier molecular flexibility index (Phi) is 6.56. The molecule has 4 nitrogen and oxygen atoms in total. The molecule has 106 valence electrons. The summed E-state index contributed by atoms with van der Waals surface area (Å²) < 4.78 is 4.65. The number of ether oxygens (including phenoxy) is 1. The van der Waals surface area contributed by atoms with Gasteiger partial charge >= 0.3 is 5.97 Å². The van der Waals surface area contributed by atoms with Crippen molar-refractivity contribution in [3.05, 3.63) is 22.4 Å². The average molecular weight is 283 g/mol. The number of methoxy groups -OCH3 is 1. The molecular weight excluding hydrogens is 262 g/mol. The standard InChI is InChI=1S/C14H21NO3S/c1-11(14(17)18-3)10-15(2)13(16)8-4-6-12-7-5-9-19-12/h5,7,9,11H,4,6,8,10H2,1-3H3. The first-order chi connectivity index (χ1) is 9.04. The quantitative estimate of drug-likeness (QED) is 0.722. The number of rotatable bonds is 7. The summed E-state index contributed by atoms with van der Waals surface area (Å²) >= 11 is 1.71. The smallest absolute Gasteiger partial charge is 0.310 e. The third-order valence-corrected chi connectivity index (χ3v) is 3.91. The maximum absolute atomic E-state index is 11.9. The zero-order chi connectivity index (χ0) is 14.3. The van der Waals surface area contributed by atoms with E-state index in [2.05, 4.69) is 10.8 Å². The number of amides is 1. The number of esters is 1. The van der Waals surface area contributed by atoms with Crippen LogP contribution in [-0.2, 0) is 20.7 Å². The molecule has 0 N–H and O–H groups in total. The van der Waals surface area contributed by atoms with Crippen LogP contribution in [-0.4, -0.2) is 37.5 Å². The molecule has 1 unspecified atom stereocenters. The van der Waals surface area contributed by atoms with Gasteiger partial charge in [0.2, 0.25) is 5.91 Å². The van der Waals surface area contributed by atoms with E-state index in [0.29, 0.717) is 13.0 Å². The summed E-state index contributed by atoms with van der Waals surface area (Å²) in [5, 5.41) is 2.04. The first-order valence-electron chi connectivity index (χ1n) is 6.38. The van der Waals surface area contributed by atoms with Crippen LogP contribution in [0.1, 0.15) is 24.6 Å². The minimum atomic E-state index is -0.281. The molecule has 0 fully saturated rings. The number of carbonyl (C=O) groups is 2. The number of thiophene rings is 1. The lowest BCUT2D eigenvalue weighted by Crippen LogP contribution is -2.34. The fourth-order valence-corrected chi connectivity index (χ4v) is 2.60. The molecule has 1 aromatic rings. The molecule has 1 rings (SSSR count). The van der Waals surface area contributed by atoms with Gasteiger partial charge in [-0.15, -0.1) is 11.3 Å². The summed E-state index contributed by atoms with van der Waals surface area (Å²) in [7, 11) is 3.09. The Morgan fingerprint density at radius 2 is 2.21 bits per heavy atom. The molecule has 19 heavy (non-hydrogen) atoms. The van der Waals surface area contributed by atoms with Crippen molar-refractivity contribution < 1.29 is 14.3 Å². The Morgan fingerprint density at radius 3 is 2.79 bits per heavy atom. The van der Waals surface area contributed by atoms with Crippen LogP contribution in [0.4, 0.5) is 0 Å². The van der Waals surface area contributed by atoms with Crippen LogP contribution in [0, 0.1) is 5.92 Å². The second-order valence-corrected chi connectivity index (χ2v) is 5.66. The molecule has 0 saturated carbocycles. The normalized spacial score (nSPS) is 11.9. The lowest BCUT2D eigenvalue weighted by Gasteiger charge is -2.20. The van der Waals surface area contributed by atoms with Crippen LogP contribution < -0.4 is 0 Å². The van der Waals surface area contributed by atoms with Gasteiger partial charge in [-0.1, -0.05) is 13.0 Å². The van der Waals surface area contributed by atoms with E-state index in [9.17, 15) is 9.59 Å². The summed E-state index contributed by atoms with van der Waals surface area (Å²) in [6.45, 7) is 2.17. The van der Waals surface area contributed by atoms with Gasteiger partial charge in [0.15, 0.2) is 0 Å². The third kappa shape index (κ3) is 5.42.